The van der Waals surface area contributed by atoms with Gasteiger partial charge in [0.1, 0.15) is 5.60 Å². The first-order valence-corrected chi connectivity index (χ1v) is 10.2. The van der Waals surface area contributed by atoms with Gasteiger partial charge in [0.25, 0.3) is 11.8 Å². The smallest absolute Gasteiger partial charge is 0.258 e. The molecule has 0 atom stereocenters. The van der Waals surface area contributed by atoms with E-state index < -0.39 is 5.60 Å². The second kappa shape index (κ2) is 7.59. The number of piperidine rings is 1. The van der Waals surface area contributed by atoms with Gasteiger partial charge < -0.3 is 25.3 Å². The molecule has 8 nitrogen and oxygen atoms in total. The van der Waals surface area contributed by atoms with Crippen LogP contribution in [0.2, 0.25) is 0 Å². The molecule has 1 aromatic heterocycles. The van der Waals surface area contributed by atoms with E-state index in [1.807, 2.05) is 32.0 Å². The Morgan fingerprint density at radius 2 is 2.10 bits per heavy atom. The average Bonchev–Trinajstić information content (AvgIpc) is 3.28. The van der Waals surface area contributed by atoms with Gasteiger partial charge in [0, 0.05) is 48.1 Å². The predicted octanol–water partition coefficient (Wildman–Crippen LogP) is 2.79. The SMILES string of the molecule is CC(C)Nc1cc(-c2nc(C3CCN(C(=O)C4(O)CC4)CC3)no2)ccc1C=N. The number of hydrogen-bond acceptors (Lipinski definition) is 7. The molecule has 0 spiro atoms. The first-order valence-electron chi connectivity index (χ1n) is 10.2. The molecule has 29 heavy (non-hydrogen) atoms. The molecule has 1 aromatic carbocycles. The van der Waals surface area contributed by atoms with Gasteiger partial charge in [-0.15, -0.1) is 0 Å². The standard InChI is InChI=1S/C21H27N5O3/c1-13(2)23-17-11-15(3-4-16(17)12-22)19-24-18(25-29-19)14-5-9-26(10-6-14)20(27)21(28)7-8-21/h3-4,11-14,22-23,28H,5-10H2,1-2H3. The molecule has 0 unspecified atom stereocenters. The van der Waals surface area contributed by atoms with Crippen molar-refractivity contribution in [3.63, 3.8) is 0 Å². The van der Waals surface area contributed by atoms with Crippen molar-refractivity contribution < 1.29 is 14.4 Å². The minimum atomic E-state index is -1.10. The number of aliphatic hydroxyl groups is 1. The third-order valence-corrected chi connectivity index (χ3v) is 5.61. The van der Waals surface area contributed by atoms with Gasteiger partial charge in [0.2, 0.25) is 0 Å². The van der Waals surface area contributed by atoms with E-state index in [0.717, 1.165) is 29.7 Å². The van der Waals surface area contributed by atoms with E-state index in [0.29, 0.717) is 37.6 Å². The zero-order valence-electron chi connectivity index (χ0n) is 16.8. The van der Waals surface area contributed by atoms with E-state index in [1.165, 1.54) is 6.21 Å². The van der Waals surface area contributed by atoms with Gasteiger partial charge in [-0.05, 0) is 51.7 Å². The Hall–Kier alpha value is -2.74. The molecule has 1 amide bonds. The normalized spacial score (nSPS) is 18.7. The van der Waals surface area contributed by atoms with Crippen LogP contribution in [0.15, 0.2) is 22.7 Å². The van der Waals surface area contributed by atoms with Crippen LogP contribution in [0.1, 0.15) is 56.8 Å². The molecule has 1 aliphatic heterocycles. The van der Waals surface area contributed by atoms with Crippen LogP contribution in [0, 0.1) is 5.41 Å². The number of carbonyl (C=O) groups excluding carboxylic acids is 1. The lowest BCUT2D eigenvalue weighted by molar-refractivity contribution is -0.143. The summed E-state index contributed by atoms with van der Waals surface area (Å²) in [5.41, 5.74) is 1.37. The Morgan fingerprint density at radius 3 is 2.72 bits per heavy atom. The quantitative estimate of drug-likeness (QED) is 0.646. The molecule has 2 heterocycles. The van der Waals surface area contributed by atoms with Crippen molar-refractivity contribution >= 4 is 17.8 Å². The van der Waals surface area contributed by atoms with E-state index in [9.17, 15) is 9.90 Å². The van der Waals surface area contributed by atoms with Gasteiger partial charge in [0.15, 0.2) is 5.82 Å². The summed E-state index contributed by atoms with van der Waals surface area (Å²) in [6, 6.07) is 5.91. The summed E-state index contributed by atoms with van der Waals surface area (Å²) >= 11 is 0. The number of likely N-dealkylation sites (tertiary alicyclic amines) is 1. The van der Waals surface area contributed by atoms with Gasteiger partial charge >= 0.3 is 0 Å². The van der Waals surface area contributed by atoms with Gasteiger partial charge in [0.05, 0.1) is 0 Å². The van der Waals surface area contributed by atoms with Crippen molar-refractivity contribution in [1.82, 2.24) is 15.0 Å². The highest BCUT2D eigenvalue weighted by atomic mass is 16.5. The zero-order chi connectivity index (χ0) is 20.6. The lowest BCUT2D eigenvalue weighted by Gasteiger charge is -2.32. The summed E-state index contributed by atoms with van der Waals surface area (Å²) in [6.07, 6.45) is 3.98. The highest BCUT2D eigenvalue weighted by Gasteiger charge is 2.50. The maximum atomic E-state index is 12.3. The van der Waals surface area contributed by atoms with Crippen molar-refractivity contribution in [3.05, 3.63) is 29.6 Å². The number of anilines is 1. The van der Waals surface area contributed by atoms with Gasteiger partial charge in [-0.2, -0.15) is 4.98 Å². The van der Waals surface area contributed by atoms with Crippen molar-refractivity contribution in [2.75, 3.05) is 18.4 Å². The van der Waals surface area contributed by atoms with E-state index in [2.05, 4.69) is 15.5 Å². The number of benzene rings is 1. The molecule has 1 saturated carbocycles. The number of nitrogens with zero attached hydrogens (tertiary/aromatic N) is 3. The molecule has 2 aliphatic rings. The Labute approximate surface area is 169 Å². The van der Waals surface area contributed by atoms with E-state index in [4.69, 9.17) is 9.93 Å². The fourth-order valence-corrected chi connectivity index (χ4v) is 3.74. The molecular formula is C21H27N5O3. The Balaban J connectivity index is 1.45. The zero-order valence-corrected chi connectivity index (χ0v) is 16.8. The van der Waals surface area contributed by atoms with E-state index in [-0.39, 0.29) is 17.9 Å². The molecule has 3 N–H and O–H groups in total. The second-order valence-electron chi connectivity index (χ2n) is 8.30. The molecule has 1 saturated heterocycles. The van der Waals surface area contributed by atoms with Gasteiger partial charge in [-0.25, -0.2) is 0 Å². The van der Waals surface area contributed by atoms with Crippen LogP contribution in [0.4, 0.5) is 5.69 Å². The second-order valence-corrected chi connectivity index (χ2v) is 8.30. The summed E-state index contributed by atoms with van der Waals surface area (Å²) in [5, 5.41) is 25.1. The number of hydrogen-bond donors (Lipinski definition) is 3. The maximum Gasteiger partial charge on any atom is 0.258 e. The molecule has 2 aromatic rings. The van der Waals surface area contributed by atoms with Crippen LogP contribution in [0.3, 0.4) is 0 Å². The fourth-order valence-electron chi connectivity index (χ4n) is 3.74. The Kier molecular flexibility index (Phi) is 5.12. The third-order valence-electron chi connectivity index (χ3n) is 5.61. The van der Waals surface area contributed by atoms with Crippen LogP contribution >= 0.6 is 0 Å². The number of amides is 1. The van der Waals surface area contributed by atoms with Gasteiger partial charge in [-0.1, -0.05) is 11.2 Å². The summed E-state index contributed by atoms with van der Waals surface area (Å²) in [7, 11) is 0. The van der Waals surface area contributed by atoms with E-state index >= 15 is 0 Å². The molecule has 1 aliphatic carbocycles. The van der Waals surface area contributed by atoms with Crippen molar-refractivity contribution in [3.8, 4) is 11.5 Å². The summed E-state index contributed by atoms with van der Waals surface area (Å²) < 4.78 is 5.51. The van der Waals surface area contributed by atoms with Crippen LogP contribution < -0.4 is 5.32 Å². The largest absolute Gasteiger partial charge is 0.382 e. The summed E-state index contributed by atoms with van der Waals surface area (Å²) in [4.78, 5) is 18.6. The Bertz CT molecular complexity index is 911. The Morgan fingerprint density at radius 1 is 1.38 bits per heavy atom. The summed E-state index contributed by atoms with van der Waals surface area (Å²) in [5.74, 6) is 1.11. The number of nitrogens with one attached hydrogen (secondary N) is 2. The topological polar surface area (TPSA) is 115 Å². The highest BCUT2D eigenvalue weighted by molar-refractivity contribution is 5.88. The molecule has 154 valence electrons. The van der Waals surface area contributed by atoms with E-state index in [1.54, 1.807) is 4.90 Å². The minimum absolute atomic E-state index is 0.138. The van der Waals surface area contributed by atoms with Crippen LogP contribution in [-0.2, 0) is 4.79 Å². The first kappa shape index (κ1) is 19.6. The van der Waals surface area contributed by atoms with Gasteiger partial charge in [-0.3, -0.25) is 4.79 Å². The molecule has 0 radical (unpaired) electrons. The fraction of sp³-hybridized carbons (Fsp3) is 0.524. The van der Waals surface area contributed by atoms with Crippen LogP contribution in [-0.4, -0.2) is 57.0 Å². The number of aromatic nitrogens is 2. The average molecular weight is 397 g/mol. The summed E-state index contributed by atoms with van der Waals surface area (Å²) in [6.45, 7) is 5.30. The molecule has 0 bridgehead atoms. The van der Waals surface area contributed by atoms with Crippen molar-refractivity contribution in [2.24, 2.45) is 0 Å². The lowest BCUT2D eigenvalue weighted by atomic mass is 9.95. The van der Waals surface area contributed by atoms with Crippen LogP contribution in [0.25, 0.3) is 11.5 Å². The maximum absolute atomic E-state index is 12.3. The number of carbonyl (C=O) groups is 1. The first-order chi connectivity index (χ1) is 13.9. The molecule has 4 rings (SSSR count). The molecule has 8 heteroatoms. The highest BCUT2D eigenvalue weighted by Crippen LogP contribution is 2.38. The van der Waals surface area contributed by atoms with Crippen LogP contribution in [0.5, 0.6) is 0 Å². The molecule has 2 fully saturated rings. The predicted molar refractivity (Wildman–Crippen MR) is 109 cm³/mol. The minimum Gasteiger partial charge on any atom is -0.382 e. The molecular weight excluding hydrogens is 370 g/mol. The number of rotatable bonds is 6. The third kappa shape index (κ3) is 4.03. The van der Waals surface area contributed by atoms with Crippen molar-refractivity contribution in [2.45, 2.75) is 57.1 Å². The monoisotopic (exact) mass is 397 g/mol. The lowest BCUT2D eigenvalue weighted by Crippen LogP contribution is -2.44. The van der Waals surface area contributed by atoms with Crippen molar-refractivity contribution in [1.29, 1.82) is 5.41 Å².